The Bertz CT molecular complexity index is 2890. The second-order valence-electron chi connectivity index (χ2n) is 16.2. The molecule has 0 aliphatic heterocycles. The van der Waals surface area contributed by atoms with E-state index in [9.17, 15) is 0 Å². The first-order chi connectivity index (χ1) is 26.7. The summed E-state index contributed by atoms with van der Waals surface area (Å²) in [6.45, 7) is 0. The van der Waals surface area contributed by atoms with Gasteiger partial charge < -0.3 is 8.83 Å². The molecule has 9 aromatic rings. The van der Waals surface area contributed by atoms with Gasteiger partial charge in [0.25, 0.3) is 0 Å². The summed E-state index contributed by atoms with van der Waals surface area (Å²) in [6, 6.07) is 46.7. The molecular formula is C49H37N3O2. The Morgan fingerprint density at radius 1 is 0.426 bits per heavy atom. The van der Waals surface area contributed by atoms with Crippen LogP contribution in [0.1, 0.15) is 44.1 Å². The molecule has 13 rings (SSSR count). The highest BCUT2D eigenvalue weighted by Gasteiger charge is 2.51. The number of hydrogen-bond acceptors (Lipinski definition) is 5. The Morgan fingerprint density at radius 2 is 0.981 bits per heavy atom. The molecular weight excluding hydrogens is 663 g/mol. The third-order valence-electron chi connectivity index (χ3n) is 12.9. The summed E-state index contributed by atoms with van der Waals surface area (Å²) in [5.74, 6) is 4.46. The number of benzene rings is 6. The smallest absolute Gasteiger partial charge is 0.167 e. The van der Waals surface area contributed by atoms with Crippen molar-refractivity contribution in [3.8, 4) is 45.3 Å². The van der Waals surface area contributed by atoms with Crippen LogP contribution in [0.25, 0.3) is 89.2 Å². The molecule has 0 unspecified atom stereocenters. The standard InChI is InChI=1S/C49H37N3O2/c1-2-9-32(10-3-1)35-21-22-40(45-43(35)38-12-5-7-16-42(38)54-45)48-51-46(33-17-19-34(20-18-33)49-26-29-23-30(27-49)25-31(24-29)28-49)50-47(52-48)39-14-8-13-37-36-11-4-6-15-41(36)53-44(37)39/h1-22,29-31H,23-28H2. The van der Waals surface area contributed by atoms with Gasteiger partial charge in [-0.2, -0.15) is 0 Å². The first-order valence-electron chi connectivity index (χ1n) is 19.4. The van der Waals surface area contributed by atoms with E-state index in [-0.39, 0.29) is 0 Å². The molecule has 0 amide bonds. The topological polar surface area (TPSA) is 65.0 Å². The predicted octanol–water partition coefficient (Wildman–Crippen LogP) is 12.8. The van der Waals surface area contributed by atoms with Crippen LogP contribution in [-0.4, -0.2) is 15.0 Å². The Morgan fingerprint density at radius 3 is 1.70 bits per heavy atom. The van der Waals surface area contributed by atoms with Gasteiger partial charge in [0.15, 0.2) is 17.5 Å². The van der Waals surface area contributed by atoms with Crippen molar-refractivity contribution in [3.63, 3.8) is 0 Å². The number of furan rings is 2. The lowest BCUT2D eigenvalue weighted by Crippen LogP contribution is -2.48. The van der Waals surface area contributed by atoms with E-state index in [4.69, 9.17) is 23.8 Å². The van der Waals surface area contributed by atoms with Crippen molar-refractivity contribution < 1.29 is 8.83 Å². The van der Waals surface area contributed by atoms with Crippen molar-refractivity contribution in [1.82, 2.24) is 15.0 Å². The minimum absolute atomic E-state index is 0.326. The maximum absolute atomic E-state index is 6.72. The Hall–Kier alpha value is -6.07. The Balaban J connectivity index is 1.06. The van der Waals surface area contributed by atoms with Gasteiger partial charge in [-0.15, -0.1) is 0 Å². The first-order valence-corrected chi connectivity index (χ1v) is 19.4. The molecule has 3 aromatic heterocycles. The van der Waals surface area contributed by atoms with Crippen LogP contribution in [0.3, 0.4) is 0 Å². The van der Waals surface area contributed by atoms with Crippen LogP contribution in [-0.2, 0) is 5.41 Å². The lowest BCUT2D eigenvalue weighted by atomic mass is 9.48. The zero-order valence-electron chi connectivity index (χ0n) is 29.8. The molecule has 4 bridgehead atoms. The first kappa shape index (κ1) is 30.4. The highest BCUT2D eigenvalue weighted by Crippen LogP contribution is 2.60. The Labute approximate surface area is 312 Å². The number of rotatable bonds is 5. The van der Waals surface area contributed by atoms with Gasteiger partial charge in [0.1, 0.15) is 22.3 Å². The van der Waals surface area contributed by atoms with Gasteiger partial charge in [0.2, 0.25) is 0 Å². The van der Waals surface area contributed by atoms with Gasteiger partial charge in [0.05, 0.1) is 11.1 Å². The van der Waals surface area contributed by atoms with Crippen LogP contribution in [0.4, 0.5) is 0 Å². The van der Waals surface area contributed by atoms with Crippen LogP contribution in [0.2, 0.25) is 0 Å². The molecule has 0 spiro atoms. The molecule has 0 atom stereocenters. The molecule has 4 saturated carbocycles. The molecule has 5 nitrogen and oxygen atoms in total. The zero-order chi connectivity index (χ0) is 35.4. The van der Waals surface area contributed by atoms with Crippen molar-refractivity contribution in [3.05, 3.63) is 139 Å². The summed E-state index contributed by atoms with van der Waals surface area (Å²) >= 11 is 0. The minimum Gasteiger partial charge on any atom is -0.455 e. The van der Waals surface area contributed by atoms with E-state index in [1.54, 1.807) is 0 Å². The molecule has 260 valence electrons. The summed E-state index contributed by atoms with van der Waals surface area (Å²) < 4.78 is 13.2. The summed E-state index contributed by atoms with van der Waals surface area (Å²) in [5.41, 5.74) is 9.91. The lowest BCUT2D eigenvalue weighted by molar-refractivity contribution is -0.00518. The van der Waals surface area contributed by atoms with E-state index in [2.05, 4.69) is 103 Å². The van der Waals surface area contributed by atoms with Crippen molar-refractivity contribution in [1.29, 1.82) is 0 Å². The fourth-order valence-electron chi connectivity index (χ4n) is 11.0. The van der Waals surface area contributed by atoms with Crippen molar-refractivity contribution in [2.75, 3.05) is 0 Å². The highest BCUT2D eigenvalue weighted by molar-refractivity contribution is 6.16. The number of hydrogen-bond donors (Lipinski definition) is 0. The van der Waals surface area contributed by atoms with E-state index in [0.717, 1.165) is 89.4 Å². The SMILES string of the molecule is c1ccc(-c2ccc(-c3nc(-c4ccc(C56CC7CC(CC(C7)C5)C6)cc4)nc(-c4cccc5c4oc4ccccc45)n3)c3oc4ccccc4c23)cc1. The average molecular weight is 700 g/mol. The normalized spacial score (nSPS) is 21.9. The molecule has 4 fully saturated rings. The maximum atomic E-state index is 6.72. The number of aromatic nitrogens is 3. The Kier molecular flexibility index (Phi) is 6.45. The van der Waals surface area contributed by atoms with Crippen LogP contribution in [0.5, 0.6) is 0 Å². The number of fused-ring (bicyclic) bond motifs is 6. The van der Waals surface area contributed by atoms with Gasteiger partial charge in [-0.1, -0.05) is 109 Å². The van der Waals surface area contributed by atoms with Crippen LogP contribution in [0.15, 0.2) is 142 Å². The summed E-state index contributed by atoms with van der Waals surface area (Å²) in [4.78, 5) is 15.7. The molecule has 4 aliphatic rings. The molecule has 6 aromatic carbocycles. The maximum Gasteiger partial charge on any atom is 0.167 e. The van der Waals surface area contributed by atoms with Crippen molar-refractivity contribution >= 4 is 43.9 Å². The minimum atomic E-state index is 0.326. The summed E-state index contributed by atoms with van der Waals surface area (Å²) in [6.07, 6.45) is 8.34. The molecule has 0 N–H and O–H groups in total. The molecule has 3 heterocycles. The van der Waals surface area contributed by atoms with Crippen molar-refractivity contribution in [2.24, 2.45) is 17.8 Å². The fourth-order valence-corrected chi connectivity index (χ4v) is 11.0. The number of para-hydroxylation sites is 3. The van der Waals surface area contributed by atoms with E-state index in [1.807, 2.05) is 30.3 Å². The third kappa shape index (κ3) is 4.60. The molecule has 0 radical (unpaired) electrons. The van der Waals surface area contributed by atoms with Crippen LogP contribution < -0.4 is 0 Å². The highest BCUT2D eigenvalue weighted by atomic mass is 16.3. The van der Waals surface area contributed by atoms with Crippen LogP contribution >= 0.6 is 0 Å². The monoisotopic (exact) mass is 699 g/mol. The van der Waals surface area contributed by atoms with Crippen molar-refractivity contribution in [2.45, 2.75) is 43.9 Å². The quantitative estimate of drug-likeness (QED) is 0.179. The fraction of sp³-hybridized carbons (Fsp3) is 0.204. The van der Waals surface area contributed by atoms with Gasteiger partial charge in [-0.3, -0.25) is 0 Å². The second-order valence-corrected chi connectivity index (χ2v) is 16.2. The van der Waals surface area contributed by atoms with Gasteiger partial charge >= 0.3 is 0 Å². The largest absolute Gasteiger partial charge is 0.455 e. The number of nitrogens with zero attached hydrogens (tertiary/aromatic N) is 3. The lowest BCUT2D eigenvalue weighted by Gasteiger charge is -2.57. The molecule has 5 heteroatoms. The zero-order valence-corrected chi connectivity index (χ0v) is 29.8. The van der Waals surface area contributed by atoms with Gasteiger partial charge in [-0.05, 0) is 103 Å². The summed E-state index contributed by atoms with van der Waals surface area (Å²) in [5, 5.41) is 4.23. The molecule has 0 saturated heterocycles. The summed E-state index contributed by atoms with van der Waals surface area (Å²) in [7, 11) is 0. The van der Waals surface area contributed by atoms with E-state index < -0.39 is 0 Å². The molecule has 4 aliphatic carbocycles. The predicted molar refractivity (Wildman–Crippen MR) is 216 cm³/mol. The van der Waals surface area contributed by atoms with Gasteiger partial charge in [0, 0.05) is 27.1 Å². The van der Waals surface area contributed by atoms with E-state index >= 15 is 0 Å². The third-order valence-corrected chi connectivity index (χ3v) is 12.9. The molecule has 54 heavy (non-hydrogen) atoms. The average Bonchev–Trinajstić information content (AvgIpc) is 3.80. The van der Waals surface area contributed by atoms with E-state index in [1.165, 1.54) is 44.1 Å². The van der Waals surface area contributed by atoms with E-state index in [0.29, 0.717) is 22.9 Å². The van der Waals surface area contributed by atoms with Crippen LogP contribution in [0, 0.1) is 17.8 Å². The second kappa shape index (κ2) is 11.5. The van der Waals surface area contributed by atoms with Gasteiger partial charge in [-0.25, -0.2) is 15.0 Å².